The van der Waals surface area contributed by atoms with E-state index in [0.29, 0.717) is 18.4 Å². The van der Waals surface area contributed by atoms with Crippen molar-refractivity contribution in [1.82, 2.24) is 0 Å². The van der Waals surface area contributed by atoms with Crippen LogP contribution in [0.25, 0.3) is 0 Å². The summed E-state index contributed by atoms with van der Waals surface area (Å²) in [5, 5.41) is 21.8. The Hall–Kier alpha value is -2.56. The summed E-state index contributed by atoms with van der Waals surface area (Å²) >= 11 is 0. The molecule has 1 aromatic carbocycles. The number of ether oxygens (including phenoxy) is 2. The first-order valence-corrected chi connectivity index (χ1v) is 14.6. The Morgan fingerprint density at radius 3 is 2.68 bits per heavy atom. The molecule has 3 aliphatic carbocycles. The maximum Gasteiger partial charge on any atom is 0.494 e. The van der Waals surface area contributed by atoms with E-state index in [1.807, 2.05) is 20.8 Å². The molecule has 4 aliphatic rings. The molecule has 1 aromatic rings. The van der Waals surface area contributed by atoms with Crippen LogP contribution >= 0.6 is 0 Å². The molecule has 0 amide bonds. The summed E-state index contributed by atoms with van der Waals surface area (Å²) < 4.78 is 31.8. The smallest absolute Gasteiger partial charge is 0.479 e. The zero-order valence-corrected chi connectivity index (χ0v) is 24.4. The largest absolute Gasteiger partial charge is 0.494 e. The fourth-order valence-electron chi connectivity index (χ4n) is 8.47. The van der Waals surface area contributed by atoms with Gasteiger partial charge in [0.25, 0.3) is 0 Å². The molecule has 3 saturated carbocycles. The number of aliphatic hydroxyl groups is 1. The normalized spacial score (nSPS) is 38.3. The lowest BCUT2D eigenvalue weighted by Crippen LogP contribution is -2.63. The molecule has 0 saturated heterocycles. The third-order valence-corrected chi connectivity index (χ3v) is 11.0. The van der Waals surface area contributed by atoms with Crippen LogP contribution in [0.3, 0.4) is 0 Å². The van der Waals surface area contributed by atoms with Gasteiger partial charge in [-0.25, -0.2) is 9.18 Å². The van der Waals surface area contributed by atoms with Crippen molar-refractivity contribution in [3.05, 3.63) is 35.7 Å². The molecule has 41 heavy (non-hydrogen) atoms. The number of esters is 1. The van der Waals surface area contributed by atoms with E-state index in [-0.39, 0.29) is 53.6 Å². The highest BCUT2D eigenvalue weighted by Gasteiger charge is 2.68. The Morgan fingerprint density at radius 2 is 1.98 bits per heavy atom. The Labute approximate surface area is 240 Å². The molecule has 0 unspecified atom stereocenters. The molecule has 1 aliphatic heterocycles. The average Bonchev–Trinajstić information content (AvgIpc) is 3.48. The molecule has 2 bridgehead atoms. The molecule has 3 fully saturated rings. The van der Waals surface area contributed by atoms with Gasteiger partial charge in [0.05, 0.1) is 12.7 Å². The Kier molecular flexibility index (Phi) is 7.75. The number of carbonyl (C=O) groups is 3. The van der Waals surface area contributed by atoms with Crippen LogP contribution in [-0.2, 0) is 30.4 Å². The quantitative estimate of drug-likeness (QED) is 0.304. The summed E-state index contributed by atoms with van der Waals surface area (Å²) in [6, 6.07) is 2.96. The van der Waals surface area contributed by atoms with E-state index in [9.17, 15) is 24.5 Å². The molecule has 0 aromatic heterocycles. The number of aliphatic hydroxyl groups excluding tert-OH is 1. The topological polar surface area (TPSA) is 119 Å². The van der Waals surface area contributed by atoms with Crippen molar-refractivity contribution >= 4 is 30.1 Å². The van der Waals surface area contributed by atoms with Crippen LogP contribution in [-0.4, -0.2) is 53.6 Å². The van der Waals surface area contributed by atoms with E-state index in [4.69, 9.17) is 14.1 Å². The van der Waals surface area contributed by atoms with Gasteiger partial charge in [0.2, 0.25) is 0 Å². The molecule has 2 N–H and O–H groups in total. The Balaban J connectivity index is 1.48. The molecular formula is C31H40BFO8. The first-order valence-electron chi connectivity index (χ1n) is 14.6. The number of allylic oxidation sites excluding steroid dienone is 1. The van der Waals surface area contributed by atoms with Crippen LogP contribution in [0.4, 0.5) is 4.39 Å². The van der Waals surface area contributed by atoms with Crippen molar-refractivity contribution in [1.29, 1.82) is 0 Å². The van der Waals surface area contributed by atoms with E-state index in [1.54, 1.807) is 12.1 Å². The van der Waals surface area contributed by atoms with E-state index >= 15 is 4.39 Å². The van der Waals surface area contributed by atoms with Gasteiger partial charge in [0, 0.05) is 28.6 Å². The fourth-order valence-corrected chi connectivity index (χ4v) is 8.47. The molecule has 222 valence electrons. The summed E-state index contributed by atoms with van der Waals surface area (Å²) in [5.74, 6) is -2.31. The number of hydrogen-bond acceptors (Lipinski definition) is 8. The van der Waals surface area contributed by atoms with E-state index < -0.39 is 54.0 Å². The van der Waals surface area contributed by atoms with Gasteiger partial charge in [-0.3, -0.25) is 9.59 Å². The van der Waals surface area contributed by atoms with Crippen molar-refractivity contribution < 1.29 is 43.0 Å². The van der Waals surface area contributed by atoms with Crippen molar-refractivity contribution in [2.24, 2.45) is 34.0 Å². The average molecular weight is 570 g/mol. The number of benzene rings is 1. The maximum atomic E-state index is 15.0. The minimum absolute atomic E-state index is 0.00774. The standard InChI is InChI=1S/C31H40BFO8/c1-17-8-12-31-13-10-21(35)27(31)30(17,5)23(14-29(4,11-9-18(2)34)28(37)19(31)3)41-24(36)16-39-22-7-6-20-15-40-32(38)25(20)26(22)33/h6-7,9,11,17,19,23,27-28,37-38H,8,10,12-16H2,1-5H3/b11-9+/t17-,19+,23-,27+,28+,29-,30+,31+/m1/s1. The summed E-state index contributed by atoms with van der Waals surface area (Å²) in [4.78, 5) is 38.9. The third-order valence-electron chi connectivity index (χ3n) is 11.0. The predicted molar refractivity (Wildman–Crippen MR) is 149 cm³/mol. The van der Waals surface area contributed by atoms with Gasteiger partial charge in [-0.05, 0) is 67.6 Å². The van der Waals surface area contributed by atoms with Crippen LogP contribution in [0, 0.1) is 39.8 Å². The molecule has 10 heteroatoms. The number of hydrogen-bond donors (Lipinski definition) is 2. The second-order valence-electron chi connectivity index (χ2n) is 13.2. The van der Waals surface area contributed by atoms with Gasteiger partial charge < -0.3 is 24.3 Å². The number of rotatable bonds is 6. The Bertz CT molecular complexity index is 1280. The second-order valence-corrected chi connectivity index (χ2v) is 13.2. The third kappa shape index (κ3) is 4.76. The molecular weight excluding hydrogens is 530 g/mol. The van der Waals surface area contributed by atoms with Gasteiger partial charge in [-0.15, -0.1) is 0 Å². The highest BCUT2D eigenvalue weighted by atomic mass is 19.1. The van der Waals surface area contributed by atoms with Crippen LogP contribution in [0.2, 0.25) is 0 Å². The van der Waals surface area contributed by atoms with Crippen LogP contribution in [0.5, 0.6) is 5.75 Å². The zero-order chi connectivity index (χ0) is 29.9. The van der Waals surface area contributed by atoms with Crippen LogP contribution < -0.4 is 10.2 Å². The molecule has 0 radical (unpaired) electrons. The second kappa shape index (κ2) is 10.6. The molecule has 8 nitrogen and oxygen atoms in total. The summed E-state index contributed by atoms with van der Waals surface area (Å²) in [7, 11) is -1.40. The maximum absolute atomic E-state index is 15.0. The molecule has 5 rings (SSSR count). The van der Waals surface area contributed by atoms with Crippen molar-refractivity contribution in [2.75, 3.05) is 6.61 Å². The lowest BCUT2D eigenvalue weighted by molar-refractivity contribution is -0.207. The van der Waals surface area contributed by atoms with Crippen LogP contribution in [0.15, 0.2) is 24.3 Å². The number of Topliss-reactive ketones (excluding diaryl/α,β-unsaturated/α-hetero) is 1. The van der Waals surface area contributed by atoms with Crippen molar-refractivity contribution in [2.45, 2.75) is 85.5 Å². The summed E-state index contributed by atoms with van der Waals surface area (Å²) in [6.07, 6.45) is 4.42. The lowest BCUT2D eigenvalue weighted by Gasteiger charge is -2.61. The Morgan fingerprint density at radius 1 is 1.24 bits per heavy atom. The zero-order valence-electron chi connectivity index (χ0n) is 24.4. The van der Waals surface area contributed by atoms with Gasteiger partial charge in [-0.1, -0.05) is 39.8 Å². The summed E-state index contributed by atoms with van der Waals surface area (Å²) in [5.41, 5.74) is -1.58. The number of fused-ring (bicyclic) bond motifs is 1. The molecule has 0 spiro atoms. The molecule has 8 atom stereocenters. The van der Waals surface area contributed by atoms with Crippen LogP contribution in [0.1, 0.15) is 72.3 Å². The lowest BCUT2D eigenvalue weighted by atomic mass is 9.44. The van der Waals surface area contributed by atoms with E-state index in [0.717, 1.165) is 12.8 Å². The first kappa shape index (κ1) is 29.9. The predicted octanol–water partition coefficient (Wildman–Crippen LogP) is 3.29. The van der Waals surface area contributed by atoms with Gasteiger partial charge >= 0.3 is 13.1 Å². The monoisotopic (exact) mass is 570 g/mol. The van der Waals surface area contributed by atoms with Gasteiger partial charge in [0.1, 0.15) is 11.9 Å². The SMILES string of the molecule is CC(=O)/C=C/[C@]1(C)C[C@@H](OC(=O)COc2ccc3c(c2F)B(O)OC3)[C@]2(C)[C@H](C)CC[C@]3(CCC(=O)[C@H]32)[C@@H](C)[C@@H]1O. The number of carbonyl (C=O) groups excluding carboxylic acids is 3. The number of halogens is 1. The highest BCUT2D eigenvalue weighted by molar-refractivity contribution is 6.61. The van der Waals surface area contributed by atoms with E-state index in [1.165, 1.54) is 19.1 Å². The summed E-state index contributed by atoms with van der Waals surface area (Å²) in [6.45, 7) is 8.94. The fraction of sp³-hybridized carbons (Fsp3) is 0.645. The van der Waals surface area contributed by atoms with E-state index in [2.05, 4.69) is 6.92 Å². The van der Waals surface area contributed by atoms with Gasteiger partial charge in [-0.2, -0.15) is 0 Å². The number of ketones is 2. The van der Waals surface area contributed by atoms with Crippen molar-refractivity contribution in [3.8, 4) is 5.75 Å². The molecule has 1 heterocycles. The first-order chi connectivity index (χ1) is 19.2. The highest BCUT2D eigenvalue weighted by Crippen LogP contribution is 2.68. The van der Waals surface area contributed by atoms with Crippen molar-refractivity contribution in [3.63, 3.8) is 0 Å². The van der Waals surface area contributed by atoms with Gasteiger partial charge in [0.15, 0.2) is 24.0 Å². The minimum atomic E-state index is -1.40. The minimum Gasteiger partial charge on any atom is -0.479 e.